The highest BCUT2D eigenvalue weighted by Crippen LogP contribution is 2.26. The Morgan fingerprint density at radius 2 is 2.00 bits per heavy atom. The SMILES string of the molecule is CCOc1ccc(C(C)N)cc1COC1CCCCC1. The average molecular weight is 277 g/mol. The number of nitrogens with two attached hydrogens (primary N) is 1. The van der Waals surface area contributed by atoms with Crippen LogP contribution in [0.5, 0.6) is 5.75 Å². The third kappa shape index (κ3) is 4.22. The van der Waals surface area contributed by atoms with Crippen molar-refractivity contribution in [3.05, 3.63) is 29.3 Å². The van der Waals surface area contributed by atoms with Crippen LogP contribution in [0, 0.1) is 0 Å². The summed E-state index contributed by atoms with van der Waals surface area (Å²) >= 11 is 0. The summed E-state index contributed by atoms with van der Waals surface area (Å²) in [4.78, 5) is 0. The van der Waals surface area contributed by atoms with Gasteiger partial charge in [-0.05, 0) is 44.4 Å². The predicted molar refractivity (Wildman–Crippen MR) is 81.9 cm³/mol. The van der Waals surface area contributed by atoms with Crippen LogP contribution in [0.2, 0.25) is 0 Å². The average Bonchev–Trinajstić information content (AvgIpc) is 2.47. The quantitative estimate of drug-likeness (QED) is 0.856. The van der Waals surface area contributed by atoms with Crippen LogP contribution >= 0.6 is 0 Å². The fourth-order valence-corrected chi connectivity index (χ4v) is 2.73. The second-order valence-corrected chi connectivity index (χ2v) is 5.66. The summed E-state index contributed by atoms with van der Waals surface area (Å²) in [6.07, 6.45) is 6.74. The molecule has 0 saturated heterocycles. The fourth-order valence-electron chi connectivity index (χ4n) is 2.73. The molecule has 0 aromatic heterocycles. The van der Waals surface area contributed by atoms with Crippen LogP contribution in [0.1, 0.15) is 63.1 Å². The van der Waals surface area contributed by atoms with Crippen LogP contribution in [0.3, 0.4) is 0 Å². The van der Waals surface area contributed by atoms with E-state index in [1.54, 1.807) is 0 Å². The second-order valence-electron chi connectivity index (χ2n) is 5.66. The van der Waals surface area contributed by atoms with Crippen molar-refractivity contribution in [3.8, 4) is 5.75 Å². The van der Waals surface area contributed by atoms with Crippen molar-refractivity contribution in [2.75, 3.05) is 6.61 Å². The summed E-state index contributed by atoms with van der Waals surface area (Å²) in [6.45, 7) is 5.31. The summed E-state index contributed by atoms with van der Waals surface area (Å²) in [7, 11) is 0. The topological polar surface area (TPSA) is 44.5 Å². The third-order valence-corrected chi connectivity index (χ3v) is 3.94. The molecule has 3 heteroatoms. The Morgan fingerprint density at radius 3 is 2.65 bits per heavy atom. The van der Waals surface area contributed by atoms with E-state index in [1.807, 2.05) is 26.0 Å². The summed E-state index contributed by atoms with van der Waals surface area (Å²) in [6, 6.07) is 6.22. The first-order valence-corrected chi connectivity index (χ1v) is 7.83. The van der Waals surface area contributed by atoms with Crippen LogP contribution < -0.4 is 10.5 Å². The normalized spacial score (nSPS) is 17.9. The highest BCUT2D eigenvalue weighted by molar-refractivity contribution is 5.38. The Balaban J connectivity index is 2.04. The maximum absolute atomic E-state index is 6.07. The molecule has 1 saturated carbocycles. The molecule has 20 heavy (non-hydrogen) atoms. The molecule has 0 spiro atoms. The lowest BCUT2D eigenvalue weighted by Crippen LogP contribution is -2.17. The van der Waals surface area contributed by atoms with Gasteiger partial charge in [0.25, 0.3) is 0 Å². The molecule has 1 atom stereocenters. The number of hydrogen-bond acceptors (Lipinski definition) is 3. The van der Waals surface area contributed by atoms with Gasteiger partial charge < -0.3 is 15.2 Å². The highest BCUT2D eigenvalue weighted by atomic mass is 16.5. The maximum atomic E-state index is 6.07. The lowest BCUT2D eigenvalue weighted by Gasteiger charge is -2.23. The molecular formula is C17H27NO2. The van der Waals surface area contributed by atoms with Gasteiger partial charge in [0.1, 0.15) is 5.75 Å². The molecule has 1 fully saturated rings. The zero-order valence-corrected chi connectivity index (χ0v) is 12.7. The molecule has 1 aromatic rings. The minimum Gasteiger partial charge on any atom is -0.494 e. The molecule has 2 N–H and O–H groups in total. The number of hydrogen-bond donors (Lipinski definition) is 1. The van der Waals surface area contributed by atoms with Gasteiger partial charge in [-0.15, -0.1) is 0 Å². The zero-order valence-electron chi connectivity index (χ0n) is 12.7. The molecule has 112 valence electrons. The van der Waals surface area contributed by atoms with E-state index in [1.165, 1.54) is 32.1 Å². The van der Waals surface area contributed by atoms with Crippen molar-refractivity contribution in [3.63, 3.8) is 0 Å². The first kappa shape index (κ1) is 15.3. The van der Waals surface area contributed by atoms with Gasteiger partial charge in [0.05, 0.1) is 19.3 Å². The monoisotopic (exact) mass is 277 g/mol. The van der Waals surface area contributed by atoms with Gasteiger partial charge in [-0.1, -0.05) is 25.3 Å². The summed E-state index contributed by atoms with van der Waals surface area (Å²) < 4.78 is 11.8. The Kier molecular flexibility index (Phi) is 5.86. The third-order valence-electron chi connectivity index (χ3n) is 3.94. The van der Waals surface area contributed by atoms with E-state index in [2.05, 4.69) is 6.07 Å². The molecule has 1 unspecified atom stereocenters. The molecule has 1 aliphatic rings. The Morgan fingerprint density at radius 1 is 1.25 bits per heavy atom. The van der Waals surface area contributed by atoms with E-state index in [4.69, 9.17) is 15.2 Å². The molecular weight excluding hydrogens is 250 g/mol. The first-order valence-electron chi connectivity index (χ1n) is 7.83. The van der Waals surface area contributed by atoms with Gasteiger partial charge in [-0.3, -0.25) is 0 Å². The molecule has 0 amide bonds. The van der Waals surface area contributed by atoms with Crippen LogP contribution in [0.15, 0.2) is 18.2 Å². The zero-order chi connectivity index (χ0) is 14.4. The van der Waals surface area contributed by atoms with Gasteiger partial charge in [-0.25, -0.2) is 0 Å². The van der Waals surface area contributed by atoms with E-state index >= 15 is 0 Å². The van der Waals surface area contributed by atoms with Crippen LogP contribution in [0.25, 0.3) is 0 Å². The minimum absolute atomic E-state index is 0.0408. The van der Waals surface area contributed by atoms with Gasteiger partial charge in [0.15, 0.2) is 0 Å². The summed E-state index contributed by atoms with van der Waals surface area (Å²) in [5.74, 6) is 0.924. The minimum atomic E-state index is 0.0408. The van der Waals surface area contributed by atoms with Crippen molar-refractivity contribution < 1.29 is 9.47 Å². The van der Waals surface area contributed by atoms with Gasteiger partial charge >= 0.3 is 0 Å². The molecule has 1 aromatic carbocycles. The first-order chi connectivity index (χ1) is 9.70. The molecule has 2 rings (SSSR count). The van der Waals surface area contributed by atoms with E-state index in [0.29, 0.717) is 19.3 Å². The second kappa shape index (κ2) is 7.65. The van der Waals surface area contributed by atoms with Crippen molar-refractivity contribution >= 4 is 0 Å². The Hall–Kier alpha value is -1.06. The van der Waals surface area contributed by atoms with Crippen molar-refractivity contribution in [2.45, 2.75) is 64.7 Å². The standard InChI is InChI=1S/C17H27NO2/c1-3-19-17-10-9-14(13(2)18)11-15(17)12-20-16-7-5-4-6-8-16/h9-11,13,16H,3-8,12,18H2,1-2H3. The van der Waals surface area contributed by atoms with E-state index in [-0.39, 0.29) is 6.04 Å². The lowest BCUT2D eigenvalue weighted by atomic mass is 9.98. The van der Waals surface area contributed by atoms with E-state index in [9.17, 15) is 0 Å². The molecule has 0 radical (unpaired) electrons. The lowest BCUT2D eigenvalue weighted by molar-refractivity contribution is 0.0158. The van der Waals surface area contributed by atoms with Crippen molar-refractivity contribution in [1.82, 2.24) is 0 Å². The molecule has 0 bridgehead atoms. The smallest absolute Gasteiger partial charge is 0.124 e. The number of benzene rings is 1. The van der Waals surface area contributed by atoms with Crippen LogP contribution in [-0.4, -0.2) is 12.7 Å². The van der Waals surface area contributed by atoms with Gasteiger partial charge in [0.2, 0.25) is 0 Å². The fraction of sp³-hybridized carbons (Fsp3) is 0.647. The predicted octanol–water partition coefficient (Wildman–Crippen LogP) is 3.95. The largest absolute Gasteiger partial charge is 0.494 e. The molecule has 0 aliphatic heterocycles. The summed E-state index contributed by atoms with van der Waals surface area (Å²) in [5.41, 5.74) is 8.22. The van der Waals surface area contributed by atoms with E-state index < -0.39 is 0 Å². The molecule has 1 aliphatic carbocycles. The summed E-state index contributed by atoms with van der Waals surface area (Å²) in [5, 5.41) is 0. The Bertz CT molecular complexity index is 411. The van der Waals surface area contributed by atoms with Crippen LogP contribution in [0.4, 0.5) is 0 Å². The van der Waals surface area contributed by atoms with Crippen molar-refractivity contribution in [2.24, 2.45) is 5.73 Å². The van der Waals surface area contributed by atoms with Gasteiger partial charge in [-0.2, -0.15) is 0 Å². The molecule has 3 nitrogen and oxygen atoms in total. The number of rotatable bonds is 6. The number of ether oxygens (including phenoxy) is 2. The van der Waals surface area contributed by atoms with Crippen molar-refractivity contribution in [1.29, 1.82) is 0 Å². The molecule has 0 heterocycles. The van der Waals surface area contributed by atoms with Gasteiger partial charge in [0, 0.05) is 11.6 Å². The highest BCUT2D eigenvalue weighted by Gasteiger charge is 2.15. The van der Waals surface area contributed by atoms with E-state index in [0.717, 1.165) is 16.9 Å². The Labute approximate surface area is 122 Å². The van der Waals surface area contributed by atoms with Crippen LogP contribution in [-0.2, 0) is 11.3 Å². The maximum Gasteiger partial charge on any atom is 0.124 e.